The topological polar surface area (TPSA) is 104 Å². The predicted octanol–water partition coefficient (Wildman–Crippen LogP) is 2.89. The molecule has 0 atom stereocenters. The molecular weight excluding hydrogens is 428 g/mol. The van der Waals surface area contributed by atoms with Crippen molar-refractivity contribution in [3.8, 4) is 0 Å². The first-order valence-corrected chi connectivity index (χ1v) is 11.4. The van der Waals surface area contributed by atoms with Crippen molar-refractivity contribution in [1.29, 1.82) is 0 Å². The first-order chi connectivity index (χ1) is 15.4. The predicted molar refractivity (Wildman–Crippen MR) is 125 cm³/mol. The Morgan fingerprint density at radius 1 is 1.16 bits per heavy atom. The van der Waals surface area contributed by atoms with Gasteiger partial charge in [0.2, 0.25) is 5.95 Å². The van der Waals surface area contributed by atoms with Crippen LogP contribution in [-0.2, 0) is 18.3 Å². The summed E-state index contributed by atoms with van der Waals surface area (Å²) in [5, 5.41) is 4.29. The maximum atomic E-state index is 12.9. The summed E-state index contributed by atoms with van der Waals surface area (Å²) in [5.41, 5.74) is 2.71. The zero-order valence-electron chi connectivity index (χ0n) is 18.2. The Kier molecular flexibility index (Phi) is 5.26. The SMILES string of the molecule is Cc1nc2cc(C)c(Nc3ncc4c(n3)n(CC3CCOCC3)c(=O)c(=O)n4C)cc2s1. The van der Waals surface area contributed by atoms with E-state index in [0.717, 1.165) is 39.3 Å². The highest BCUT2D eigenvalue weighted by molar-refractivity contribution is 7.18. The third-order valence-electron chi connectivity index (χ3n) is 5.97. The summed E-state index contributed by atoms with van der Waals surface area (Å²) < 4.78 is 9.33. The van der Waals surface area contributed by atoms with E-state index < -0.39 is 11.1 Å². The lowest BCUT2D eigenvalue weighted by Gasteiger charge is -2.23. The molecule has 4 heterocycles. The summed E-state index contributed by atoms with van der Waals surface area (Å²) >= 11 is 1.63. The molecule has 4 aromatic rings. The second-order valence-corrected chi connectivity index (χ2v) is 9.47. The van der Waals surface area contributed by atoms with E-state index in [-0.39, 0.29) is 5.92 Å². The average Bonchev–Trinajstić information content (AvgIpc) is 3.14. The molecule has 0 spiro atoms. The van der Waals surface area contributed by atoms with Crippen molar-refractivity contribution in [2.75, 3.05) is 18.5 Å². The molecule has 1 N–H and O–H groups in total. The van der Waals surface area contributed by atoms with Crippen LogP contribution in [-0.4, -0.2) is 37.3 Å². The number of aryl methyl sites for hydroxylation is 3. The fraction of sp³-hybridized carbons (Fsp3) is 0.409. The van der Waals surface area contributed by atoms with E-state index >= 15 is 0 Å². The molecule has 0 amide bonds. The maximum absolute atomic E-state index is 12.9. The second kappa shape index (κ2) is 8.10. The van der Waals surface area contributed by atoms with Gasteiger partial charge in [0, 0.05) is 32.5 Å². The van der Waals surface area contributed by atoms with E-state index in [4.69, 9.17) is 4.74 Å². The maximum Gasteiger partial charge on any atom is 0.318 e. The van der Waals surface area contributed by atoms with Crippen LogP contribution in [0.1, 0.15) is 23.4 Å². The van der Waals surface area contributed by atoms with Gasteiger partial charge in [0.15, 0.2) is 5.65 Å². The van der Waals surface area contributed by atoms with Gasteiger partial charge in [-0.15, -0.1) is 11.3 Å². The summed E-state index contributed by atoms with van der Waals surface area (Å²) in [5.74, 6) is 0.641. The minimum Gasteiger partial charge on any atom is -0.381 e. The van der Waals surface area contributed by atoms with Crippen molar-refractivity contribution in [2.45, 2.75) is 33.2 Å². The minimum absolute atomic E-state index is 0.266. The molecule has 0 saturated carbocycles. The van der Waals surface area contributed by atoms with Gasteiger partial charge >= 0.3 is 11.1 Å². The van der Waals surface area contributed by atoms with E-state index in [1.807, 2.05) is 26.0 Å². The molecule has 1 saturated heterocycles. The lowest BCUT2D eigenvalue weighted by Crippen LogP contribution is -2.42. The van der Waals surface area contributed by atoms with Crippen molar-refractivity contribution >= 4 is 44.4 Å². The minimum atomic E-state index is -0.573. The normalized spacial score (nSPS) is 15.0. The lowest BCUT2D eigenvalue weighted by atomic mass is 10.0. The van der Waals surface area contributed by atoms with Gasteiger partial charge < -0.3 is 14.6 Å². The number of rotatable bonds is 4. The van der Waals surface area contributed by atoms with Gasteiger partial charge in [0.1, 0.15) is 5.52 Å². The van der Waals surface area contributed by atoms with Crippen molar-refractivity contribution in [1.82, 2.24) is 24.1 Å². The number of ether oxygens (including phenoxy) is 1. The molecule has 10 heteroatoms. The van der Waals surface area contributed by atoms with Crippen LogP contribution in [0.3, 0.4) is 0 Å². The smallest absolute Gasteiger partial charge is 0.318 e. The molecule has 0 radical (unpaired) electrons. The number of thiazole rings is 1. The van der Waals surface area contributed by atoms with Crippen LogP contribution in [0.5, 0.6) is 0 Å². The van der Waals surface area contributed by atoms with Gasteiger partial charge in [-0.25, -0.2) is 9.97 Å². The first kappa shape index (κ1) is 20.8. The van der Waals surface area contributed by atoms with Crippen molar-refractivity contribution in [3.05, 3.63) is 49.6 Å². The largest absolute Gasteiger partial charge is 0.381 e. The number of hydrogen-bond acceptors (Lipinski definition) is 8. The van der Waals surface area contributed by atoms with Crippen molar-refractivity contribution in [3.63, 3.8) is 0 Å². The lowest BCUT2D eigenvalue weighted by molar-refractivity contribution is 0.0612. The Labute approximate surface area is 187 Å². The Morgan fingerprint density at radius 2 is 1.94 bits per heavy atom. The fourth-order valence-electron chi connectivity index (χ4n) is 4.13. The Balaban J connectivity index is 1.58. The van der Waals surface area contributed by atoms with Gasteiger partial charge in [-0.1, -0.05) is 0 Å². The molecule has 32 heavy (non-hydrogen) atoms. The van der Waals surface area contributed by atoms with Crippen LogP contribution in [0, 0.1) is 19.8 Å². The van der Waals surface area contributed by atoms with Crippen LogP contribution in [0.4, 0.5) is 11.6 Å². The molecular formula is C22H24N6O3S. The Morgan fingerprint density at radius 3 is 2.72 bits per heavy atom. The number of nitrogens with one attached hydrogen (secondary N) is 1. The van der Waals surface area contributed by atoms with Crippen LogP contribution < -0.4 is 16.4 Å². The highest BCUT2D eigenvalue weighted by atomic mass is 32.1. The summed E-state index contributed by atoms with van der Waals surface area (Å²) in [6, 6.07) is 4.08. The molecule has 166 valence electrons. The van der Waals surface area contributed by atoms with Crippen LogP contribution >= 0.6 is 11.3 Å². The van der Waals surface area contributed by atoms with Gasteiger partial charge in [0.25, 0.3) is 0 Å². The number of benzene rings is 1. The van der Waals surface area contributed by atoms with Crippen LogP contribution in [0.15, 0.2) is 27.9 Å². The van der Waals surface area contributed by atoms with Gasteiger partial charge in [-0.3, -0.25) is 14.2 Å². The van der Waals surface area contributed by atoms with Crippen LogP contribution in [0.2, 0.25) is 0 Å². The Bertz CT molecular complexity index is 1450. The number of hydrogen-bond donors (Lipinski definition) is 1. The molecule has 5 rings (SSSR count). The van der Waals surface area contributed by atoms with Crippen molar-refractivity contribution in [2.24, 2.45) is 13.0 Å². The van der Waals surface area contributed by atoms with Gasteiger partial charge in [-0.2, -0.15) is 4.98 Å². The summed E-state index contributed by atoms with van der Waals surface area (Å²) in [4.78, 5) is 39.0. The second-order valence-electron chi connectivity index (χ2n) is 8.23. The van der Waals surface area contributed by atoms with Gasteiger partial charge in [0.05, 0.1) is 21.4 Å². The van der Waals surface area contributed by atoms with E-state index in [1.165, 1.54) is 9.13 Å². The first-order valence-electron chi connectivity index (χ1n) is 10.6. The zero-order chi connectivity index (χ0) is 22.4. The molecule has 3 aromatic heterocycles. The number of anilines is 2. The monoisotopic (exact) mass is 452 g/mol. The molecule has 9 nitrogen and oxygen atoms in total. The third-order valence-corrected chi connectivity index (χ3v) is 6.90. The third kappa shape index (κ3) is 3.69. The number of nitrogens with zero attached hydrogens (tertiary/aromatic N) is 5. The quantitative estimate of drug-likeness (QED) is 0.475. The Hall–Kier alpha value is -3.11. The molecule has 0 aliphatic carbocycles. The van der Waals surface area contributed by atoms with E-state index in [0.29, 0.717) is 36.9 Å². The summed E-state index contributed by atoms with van der Waals surface area (Å²) in [7, 11) is 1.57. The molecule has 1 aromatic carbocycles. The molecule has 1 fully saturated rings. The number of aromatic nitrogens is 5. The zero-order valence-corrected chi connectivity index (χ0v) is 19.0. The van der Waals surface area contributed by atoms with Crippen molar-refractivity contribution < 1.29 is 4.74 Å². The summed E-state index contributed by atoms with van der Waals surface area (Å²) in [6.07, 6.45) is 3.30. The highest BCUT2D eigenvalue weighted by Crippen LogP contribution is 2.29. The molecule has 0 bridgehead atoms. The van der Waals surface area contributed by atoms with Crippen LogP contribution in [0.25, 0.3) is 21.4 Å². The molecule has 1 aliphatic heterocycles. The van der Waals surface area contributed by atoms with E-state index in [2.05, 4.69) is 20.3 Å². The van der Waals surface area contributed by atoms with E-state index in [9.17, 15) is 9.59 Å². The standard InChI is InChI=1S/C22H24N6O3S/c1-12-8-16-18(32-13(2)24-16)9-15(12)25-22-23-10-17-19(26-22)28(21(30)20(29)27(17)3)11-14-4-6-31-7-5-14/h8-10,14H,4-7,11H2,1-3H3,(H,23,25,26). The molecule has 0 unspecified atom stereocenters. The highest BCUT2D eigenvalue weighted by Gasteiger charge is 2.20. The fourth-order valence-corrected chi connectivity index (χ4v) is 4.98. The van der Waals surface area contributed by atoms with Gasteiger partial charge in [-0.05, 0) is 50.3 Å². The summed E-state index contributed by atoms with van der Waals surface area (Å²) in [6.45, 7) is 5.77. The number of fused-ring (bicyclic) bond motifs is 2. The molecule has 1 aliphatic rings. The van der Waals surface area contributed by atoms with E-state index in [1.54, 1.807) is 24.6 Å². The average molecular weight is 453 g/mol.